The fourth-order valence-electron chi connectivity index (χ4n) is 3.21. The van der Waals surface area contributed by atoms with E-state index in [0.717, 1.165) is 18.8 Å². The van der Waals surface area contributed by atoms with Crippen molar-refractivity contribution in [2.24, 2.45) is 0 Å². The molecule has 132 valence electrons. The molecule has 0 radical (unpaired) electrons. The van der Waals surface area contributed by atoms with Crippen LogP contribution >= 0.6 is 0 Å². The second-order valence-electron chi connectivity index (χ2n) is 6.26. The van der Waals surface area contributed by atoms with Crippen LogP contribution in [0.25, 0.3) is 10.9 Å². The summed E-state index contributed by atoms with van der Waals surface area (Å²) in [4.78, 5) is 35.8. The number of hydrogen-bond donors (Lipinski definition) is 1. The third-order valence-electron chi connectivity index (χ3n) is 4.57. The molecule has 0 bridgehead atoms. The molecule has 4 rings (SSSR count). The van der Waals surface area contributed by atoms with E-state index in [1.807, 2.05) is 11.0 Å². The summed E-state index contributed by atoms with van der Waals surface area (Å²) in [6, 6.07) is 6.96. The molecule has 1 fully saturated rings. The molecule has 1 saturated heterocycles. The van der Waals surface area contributed by atoms with Gasteiger partial charge in [0.1, 0.15) is 5.82 Å². The standard InChI is InChI=1S/C18H18N6O2/c1-12-21-16-10-13(2-3-15(16)17(25)22-12)18(26)24-8-6-23(7-9-24)14-4-5-19-20-11-14/h2-5,10-11H,6-9H2,1H3,(H,21,22,25). The Bertz CT molecular complexity index is 1010. The molecular formula is C18H18N6O2. The molecule has 1 N–H and O–H groups in total. The Morgan fingerprint density at radius 2 is 1.92 bits per heavy atom. The Morgan fingerprint density at radius 1 is 1.12 bits per heavy atom. The first-order valence-corrected chi connectivity index (χ1v) is 8.43. The number of nitrogens with one attached hydrogen (secondary N) is 1. The number of anilines is 1. The number of carbonyl (C=O) groups is 1. The van der Waals surface area contributed by atoms with Gasteiger partial charge in [0.15, 0.2) is 0 Å². The summed E-state index contributed by atoms with van der Waals surface area (Å²) in [5.41, 5.74) is 1.91. The molecule has 1 aliphatic rings. The second-order valence-corrected chi connectivity index (χ2v) is 6.26. The summed E-state index contributed by atoms with van der Waals surface area (Å²) in [5.74, 6) is 0.491. The van der Waals surface area contributed by atoms with Crippen molar-refractivity contribution in [3.63, 3.8) is 0 Å². The van der Waals surface area contributed by atoms with Crippen molar-refractivity contribution in [1.29, 1.82) is 0 Å². The van der Waals surface area contributed by atoms with Crippen LogP contribution in [0.2, 0.25) is 0 Å². The van der Waals surface area contributed by atoms with Gasteiger partial charge in [-0.25, -0.2) is 4.98 Å². The molecule has 26 heavy (non-hydrogen) atoms. The summed E-state index contributed by atoms with van der Waals surface area (Å²) in [7, 11) is 0. The molecule has 0 unspecified atom stereocenters. The fourth-order valence-corrected chi connectivity index (χ4v) is 3.21. The molecule has 0 spiro atoms. The van der Waals surface area contributed by atoms with E-state index in [4.69, 9.17) is 0 Å². The van der Waals surface area contributed by atoms with Crippen LogP contribution in [0.3, 0.4) is 0 Å². The third kappa shape index (κ3) is 3.01. The number of aromatic nitrogens is 4. The number of nitrogens with zero attached hydrogens (tertiary/aromatic N) is 5. The van der Waals surface area contributed by atoms with Crippen LogP contribution < -0.4 is 10.5 Å². The SMILES string of the molecule is Cc1nc2cc(C(=O)N3CCN(c4ccnnc4)CC3)ccc2c(=O)[nH]1. The van der Waals surface area contributed by atoms with Crippen LogP contribution in [0.15, 0.2) is 41.5 Å². The van der Waals surface area contributed by atoms with E-state index >= 15 is 0 Å². The van der Waals surface area contributed by atoms with Crippen molar-refractivity contribution >= 4 is 22.5 Å². The zero-order valence-electron chi connectivity index (χ0n) is 14.3. The number of aryl methyl sites for hydroxylation is 1. The van der Waals surface area contributed by atoms with E-state index < -0.39 is 0 Å². The summed E-state index contributed by atoms with van der Waals surface area (Å²) >= 11 is 0. The number of rotatable bonds is 2. The highest BCUT2D eigenvalue weighted by molar-refractivity contribution is 5.97. The Balaban J connectivity index is 1.52. The van der Waals surface area contributed by atoms with Gasteiger partial charge in [-0.05, 0) is 31.2 Å². The quantitative estimate of drug-likeness (QED) is 0.740. The predicted molar refractivity (Wildman–Crippen MR) is 97.2 cm³/mol. The lowest BCUT2D eigenvalue weighted by atomic mass is 10.1. The molecule has 1 aliphatic heterocycles. The third-order valence-corrected chi connectivity index (χ3v) is 4.57. The number of fused-ring (bicyclic) bond motifs is 1. The molecule has 3 aromatic rings. The van der Waals surface area contributed by atoms with Gasteiger partial charge < -0.3 is 14.8 Å². The van der Waals surface area contributed by atoms with Gasteiger partial charge in [-0.1, -0.05) is 0 Å². The van der Waals surface area contributed by atoms with E-state index in [2.05, 4.69) is 25.1 Å². The molecule has 0 saturated carbocycles. The maximum absolute atomic E-state index is 12.8. The van der Waals surface area contributed by atoms with E-state index in [9.17, 15) is 9.59 Å². The van der Waals surface area contributed by atoms with E-state index in [-0.39, 0.29) is 11.5 Å². The van der Waals surface area contributed by atoms with Crippen molar-refractivity contribution in [2.75, 3.05) is 31.1 Å². The highest BCUT2D eigenvalue weighted by Gasteiger charge is 2.23. The minimum absolute atomic E-state index is 0.0425. The van der Waals surface area contributed by atoms with Gasteiger partial charge in [-0.3, -0.25) is 9.59 Å². The first kappa shape index (κ1) is 16.2. The van der Waals surface area contributed by atoms with Gasteiger partial charge in [0.25, 0.3) is 11.5 Å². The maximum Gasteiger partial charge on any atom is 0.258 e. The molecule has 2 aromatic heterocycles. The first-order valence-electron chi connectivity index (χ1n) is 8.43. The molecule has 3 heterocycles. The first-order chi connectivity index (χ1) is 12.6. The summed E-state index contributed by atoms with van der Waals surface area (Å²) in [5, 5.41) is 8.17. The van der Waals surface area contributed by atoms with Crippen molar-refractivity contribution in [1.82, 2.24) is 25.1 Å². The molecule has 8 nitrogen and oxygen atoms in total. The van der Waals surface area contributed by atoms with Crippen LogP contribution in [0.1, 0.15) is 16.2 Å². The van der Waals surface area contributed by atoms with Crippen molar-refractivity contribution in [3.05, 3.63) is 58.4 Å². The molecular weight excluding hydrogens is 332 g/mol. The monoisotopic (exact) mass is 350 g/mol. The lowest BCUT2D eigenvalue weighted by molar-refractivity contribution is 0.0747. The minimum Gasteiger partial charge on any atom is -0.367 e. The van der Waals surface area contributed by atoms with E-state index in [0.29, 0.717) is 35.4 Å². The highest BCUT2D eigenvalue weighted by Crippen LogP contribution is 2.17. The highest BCUT2D eigenvalue weighted by atomic mass is 16.2. The van der Waals surface area contributed by atoms with E-state index in [1.165, 1.54) is 0 Å². The molecule has 0 aliphatic carbocycles. The molecule has 8 heteroatoms. The second kappa shape index (κ2) is 6.55. The van der Waals surface area contributed by atoms with Gasteiger partial charge in [-0.2, -0.15) is 10.2 Å². The van der Waals surface area contributed by atoms with Gasteiger partial charge in [0.05, 0.1) is 29.0 Å². The Labute approximate surface area is 149 Å². The van der Waals surface area contributed by atoms with Crippen LogP contribution in [0.5, 0.6) is 0 Å². The number of piperazine rings is 1. The minimum atomic E-state index is -0.189. The smallest absolute Gasteiger partial charge is 0.258 e. The zero-order chi connectivity index (χ0) is 18.1. The summed E-state index contributed by atoms with van der Waals surface area (Å²) in [6.45, 7) is 4.45. The molecule has 1 amide bonds. The Morgan fingerprint density at radius 3 is 2.65 bits per heavy atom. The van der Waals surface area contributed by atoms with Gasteiger partial charge in [0.2, 0.25) is 0 Å². The van der Waals surface area contributed by atoms with Crippen LogP contribution in [0, 0.1) is 6.92 Å². The number of benzene rings is 1. The number of H-pyrrole nitrogens is 1. The lowest BCUT2D eigenvalue weighted by Gasteiger charge is -2.35. The maximum atomic E-state index is 12.8. The van der Waals surface area contributed by atoms with Crippen molar-refractivity contribution < 1.29 is 4.79 Å². The lowest BCUT2D eigenvalue weighted by Crippen LogP contribution is -2.48. The van der Waals surface area contributed by atoms with Gasteiger partial charge >= 0.3 is 0 Å². The van der Waals surface area contributed by atoms with Crippen LogP contribution in [-0.2, 0) is 0 Å². The van der Waals surface area contributed by atoms with Crippen LogP contribution in [0.4, 0.5) is 5.69 Å². The number of carbonyl (C=O) groups excluding carboxylic acids is 1. The fraction of sp³-hybridized carbons (Fsp3) is 0.278. The Hall–Kier alpha value is -3.29. The number of hydrogen-bond acceptors (Lipinski definition) is 6. The predicted octanol–water partition coefficient (Wildman–Crippen LogP) is 0.984. The average molecular weight is 350 g/mol. The van der Waals surface area contributed by atoms with E-state index in [1.54, 1.807) is 37.5 Å². The summed E-state index contributed by atoms with van der Waals surface area (Å²) < 4.78 is 0. The topological polar surface area (TPSA) is 95.1 Å². The zero-order valence-corrected chi connectivity index (χ0v) is 14.3. The van der Waals surface area contributed by atoms with Crippen molar-refractivity contribution in [2.45, 2.75) is 6.92 Å². The molecule has 1 aromatic carbocycles. The van der Waals surface area contributed by atoms with Crippen LogP contribution in [-0.4, -0.2) is 57.2 Å². The molecule has 0 atom stereocenters. The Kier molecular flexibility index (Phi) is 4.08. The van der Waals surface area contributed by atoms with Gasteiger partial charge in [-0.15, -0.1) is 0 Å². The van der Waals surface area contributed by atoms with Crippen molar-refractivity contribution in [3.8, 4) is 0 Å². The van der Waals surface area contributed by atoms with Gasteiger partial charge in [0, 0.05) is 31.7 Å². The number of aromatic amines is 1. The average Bonchev–Trinajstić information content (AvgIpc) is 2.67. The summed E-state index contributed by atoms with van der Waals surface area (Å²) in [6.07, 6.45) is 3.39. The number of amides is 1. The normalized spacial score (nSPS) is 14.7. The largest absolute Gasteiger partial charge is 0.367 e.